The Labute approximate surface area is 249 Å². The zero-order valence-electron chi connectivity index (χ0n) is 25.5. The Kier molecular flexibility index (Phi) is 9.59. The van der Waals surface area contributed by atoms with Gasteiger partial charge >= 0.3 is 12.1 Å². The van der Waals surface area contributed by atoms with Crippen molar-refractivity contribution in [3.63, 3.8) is 0 Å². The second-order valence-electron chi connectivity index (χ2n) is 11.0. The molecule has 43 heavy (non-hydrogen) atoms. The molecule has 2 aromatic heterocycles. The van der Waals surface area contributed by atoms with Crippen LogP contribution in [0.2, 0.25) is 0 Å². The maximum Gasteiger partial charge on any atom is 0.323 e. The zero-order chi connectivity index (χ0) is 31.4. The average Bonchev–Trinajstić information content (AvgIpc) is 3.46. The van der Waals surface area contributed by atoms with E-state index in [4.69, 9.17) is 13.8 Å². The molecule has 0 fully saturated rings. The van der Waals surface area contributed by atoms with E-state index in [-0.39, 0.29) is 37.4 Å². The van der Waals surface area contributed by atoms with Gasteiger partial charge in [0.2, 0.25) is 5.91 Å². The summed E-state index contributed by atoms with van der Waals surface area (Å²) in [6.07, 6.45) is -0.525. The summed E-state index contributed by atoms with van der Waals surface area (Å²) in [7, 11) is 1.65. The maximum absolute atomic E-state index is 13.5. The van der Waals surface area contributed by atoms with Crippen LogP contribution in [0.1, 0.15) is 42.3 Å². The Morgan fingerprint density at radius 3 is 2.28 bits per heavy atom. The van der Waals surface area contributed by atoms with Gasteiger partial charge in [0.05, 0.1) is 25.6 Å². The number of urea groups is 2. The van der Waals surface area contributed by atoms with Crippen LogP contribution in [0.3, 0.4) is 0 Å². The highest BCUT2D eigenvalue weighted by Crippen LogP contribution is 2.30. The van der Waals surface area contributed by atoms with Crippen molar-refractivity contribution in [2.75, 3.05) is 42.7 Å². The minimum Gasteiger partial charge on any atom is -0.488 e. The van der Waals surface area contributed by atoms with Gasteiger partial charge < -0.3 is 44.6 Å². The number of anilines is 3. The molecule has 0 saturated heterocycles. The van der Waals surface area contributed by atoms with Gasteiger partial charge in [0.25, 0.3) is 0 Å². The van der Waals surface area contributed by atoms with Crippen molar-refractivity contribution in [1.29, 1.82) is 0 Å². The summed E-state index contributed by atoms with van der Waals surface area (Å²) in [5, 5.41) is 26.0. The van der Waals surface area contributed by atoms with E-state index < -0.39 is 18.2 Å². The molecule has 0 saturated carbocycles. The predicted octanol–water partition coefficient (Wildman–Crippen LogP) is 3.85. The number of nitrogens with zero attached hydrogens (tertiary/aromatic N) is 4. The number of nitrogens with one attached hydrogen (secondary N) is 3. The predicted molar refractivity (Wildman–Crippen MR) is 158 cm³/mol. The second kappa shape index (κ2) is 13.2. The number of benzene rings is 1. The van der Waals surface area contributed by atoms with Gasteiger partial charge in [-0.1, -0.05) is 17.2 Å². The quantitative estimate of drug-likeness (QED) is 0.315. The summed E-state index contributed by atoms with van der Waals surface area (Å²) in [6.45, 7) is 10.9. The number of rotatable bonds is 7. The van der Waals surface area contributed by atoms with Crippen molar-refractivity contribution >= 4 is 35.0 Å². The number of likely N-dealkylation sites (N-methyl/N-ethyl adjacent to an activating group) is 1. The number of hydrogen-bond acceptors (Lipinski definition) is 9. The first-order valence-electron chi connectivity index (χ1n) is 14.0. The highest BCUT2D eigenvalue weighted by molar-refractivity contribution is 6.00. The first-order valence-corrected chi connectivity index (χ1v) is 14.0. The third kappa shape index (κ3) is 7.25. The number of carbonyl (C=O) groups excluding carboxylic acids is 3. The molecule has 232 valence electrons. The van der Waals surface area contributed by atoms with Crippen molar-refractivity contribution in [2.45, 2.75) is 60.1 Å². The third-order valence-corrected chi connectivity index (χ3v) is 7.51. The monoisotopic (exact) mass is 597 g/mol. The Morgan fingerprint density at radius 1 is 1.07 bits per heavy atom. The summed E-state index contributed by atoms with van der Waals surface area (Å²) in [5.74, 6) is 1.03. The van der Waals surface area contributed by atoms with E-state index in [2.05, 4.69) is 26.3 Å². The van der Waals surface area contributed by atoms with Crippen molar-refractivity contribution in [2.24, 2.45) is 5.92 Å². The molecule has 5 amide bonds. The van der Waals surface area contributed by atoms with E-state index in [0.29, 0.717) is 57.8 Å². The molecule has 4 rings (SSSR count). The smallest absolute Gasteiger partial charge is 0.323 e. The summed E-state index contributed by atoms with van der Waals surface area (Å²) < 4.78 is 16.7. The van der Waals surface area contributed by atoms with E-state index in [1.807, 2.05) is 6.92 Å². The van der Waals surface area contributed by atoms with Gasteiger partial charge in [-0.25, -0.2) is 9.59 Å². The molecular formula is C29H39N7O7. The topological polar surface area (TPSA) is 175 Å². The molecular weight excluding hydrogens is 558 g/mol. The van der Waals surface area contributed by atoms with Gasteiger partial charge in [0, 0.05) is 30.8 Å². The third-order valence-electron chi connectivity index (χ3n) is 7.51. The number of aryl methyl sites for hydroxylation is 4. The highest BCUT2D eigenvalue weighted by atomic mass is 16.5. The fourth-order valence-electron chi connectivity index (χ4n) is 4.88. The maximum atomic E-state index is 13.5. The molecule has 1 aromatic carbocycles. The van der Waals surface area contributed by atoms with Crippen molar-refractivity contribution in [3.05, 3.63) is 46.7 Å². The number of aliphatic hydroxyl groups excluding tert-OH is 1. The van der Waals surface area contributed by atoms with Crippen LogP contribution < -0.4 is 20.7 Å². The molecule has 3 aromatic rings. The number of aromatic nitrogens is 2. The second-order valence-corrected chi connectivity index (χ2v) is 11.0. The Balaban J connectivity index is 1.57. The van der Waals surface area contributed by atoms with Crippen LogP contribution in [-0.4, -0.2) is 82.1 Å². The minimum atomic E-state index is -0.514. The van der Waals surface area contributed by atoms with Crippen LogP contribution in [0.15, 0.2) is 27.2 Å². The molecule has 1 aliphatic rings. The summed E-state index contributed by atoms with van der Waals surface area (Å²) in [5.41, 5.74) is 3.10. The molecule has 1 aliphatic heterocycles. The van der Waals surface area contributed by atoms with Crippen LogP contribution in [0.25, 0.3) is 0 Å². The molecule has 14 heteroatoms. The van der Waals surface area contributed by atoms with Gasteiger partial charge in [0.15, 0.2) is 11.5 Å². The molecule has 3 heterocycles. The number of fused-ring (bicyclic) bond motifs is 1. The van der Waals surface area contributed by atoms with E-state index in [1.54, 1.807) is 64.8 Å². The molecule has 14 nitrogen and oxygen atoms in total. The van der Waals surface area contributed by atoms with Crippen molar-refractivity contribution < 1.29 is 33.3 Å². The minimum absolute atomic E-state index is 0.0114. The first-order chi connectivity index (χ1) is 20.4. The van der Waals surface area contributed by atoms with E-state index in [0.717, 1.165) is 0 Å². The standard InChI is InChI=1S/C29H39N7O7/c1-15-12-36(16(2)14-37)25(38)11-21-10-22(30-28(39)31-26-17(3)33-42-19(26)5)8-9-23(21)41-24(15)13-35(7)29(40)32-27-18(4)34-43-20(27)6/h8-10,15-16,24,37H,11-14H2,1-7H3,(H,32,40)(H2,30,31,39)/t15-,16-,24+/m1/s1. The molecule has 0 radical (unpaired) electrons. The van der Waals surface area contributed by atoms with Crippen LogP contribution in [0.5, 0.6) is 5.75 Å². The largest absolute Gasteiger partial charge is 0.488 e. The number of carbonyl (C=O) groups is 3. The number of amides is 5. The van der Waals surface area contributed by atoms with E-state index >= 15 is 0 Å². The summed E-state index contributed by atoms with van der Waals surface area (Å²) in [4.78, 5) is 42.4. The van der Waals surface area contributed by atoms with Crippen LogP contribution >= 0.6 is 0 Å². The molecule has 0 bridgehead atoms. The number of ether oxygens (including phenoxy) is 1. The number of aliphatic hydroxyl groups is 1. The first kappa shape index (κ1) is 31.3. The molecule has 3 atom stereocenters. The number of hydrogen-bond donors (Lipinski definition) is 4. The van der Waals surface area contributed by atoms with E-state index in [1.165, 1.54) is 4.90 Å². The van der Waals surface area contributed by atoms with Gasteiger partial charge in [-0.05, 0) is 52.8 Å². The Bertz CT molecular complexity index is 1440. The van der Waals surface area contributed by atoms with Gasteiger partial charge in [0.1, 0.15) is 34.6 Å². The lowest BCUT2D eigenvalue weighted by Gasteiger charge is -2.34. The van der Waals surface area contributed by atoms with Gasteiger partial charge in [-0.3, -0.25) is 4.79 Å². The summed E-state index contributed by atoms with van der Waals surface area (Å²) in [6, 6.07) is 3.76. The van der Waals surface area contributed by atoms with Crippen LogP contribution in [0.4, 0.5) is 26.7 Å². The molecule has 0 spiro atoms. The molecule has 4 N–H and O–H groups in total. The van der Waals surface area contributed by atoms with Crippen LogP contribution in [-0.2, 0) is 11.2 Å². The zero-order valence-corrected chi connectivity index (χ0v) is 25.5. The lowest BCUT2D eigenvalue weighted by molar-refractivity contribution is -0.134. The Hall–Kier alpha value is -4.59. The SMILES string of the molecule is Cc1noc(C)c1NC(=O)Nc1ccc2c(c1)CC(=O)N([C@H](C)CO)C[C@@H](C)[C@H](CN(C)C(=O)Nc1c(C)noc1C)O2. The lowest BCUT2D eigenvalue weighted by Crippen LogP contribution is -2.48. The van der Waals surface area contributed by atoms with Crippen molar-refractivity contribution in [1.82, 2.24) is 20.1 Å². The average molecular weight is 598 g/mol. The van der Waals surface area contributed by atoms with E-state index in [9.17, 15) is 19.5 Å². The van der Waals surface area contributed by atoms with Crippen LogP contribution in [0, 0.1) is 33.6 Å². The summed E-state index contributed by atoms with van der Waals surface area (Å²) >= 11 is 0. The normalized spacial score (nSPS) is 17.6. The lowest BCUT2D eigenvalue weighted by atomic mass is 10.0. The van der Waals surface area contributed by atoms with Gasteiger partial charge in [-0.2, -0.15) is 0 Å². The van der Waals surface area contributed by atoms with Gasteiger partial charge in [-0.15, -0.1) is 0 Å². The highest BCUT2D eigenvalue weighted by Gasteiger charge is 2.32. The molecule has 0 unspecified atom stereocenters. The molecule has 0 aliphatic carbocycles. The van der Waals surface area contributed by atoms with Crippen molar-refractivity contribution in [3.8, 4) is 5.75 Å². The fraction of sp³-hybridized carbons (Fsp3) is 0.483. The fourth-order valence-corrected chi connectivity index (χ4v) is 4.88. The Morgan fingerprint density at radius 2 is 1.70 bits per heavy atom.